The summed E-state index contributed by atoms with van der Waals surface area (Å²) in [4.78, 5) is 29.0. The topological polar surface area (TPSA) is 109 Å². The first-order chi connectivity index (χ1) is 16.7. The normalized spacial score (nSPS) is 14.0. The number of hydrogen-bond acceptors (Lipinski definition) is 7. The lowest BCUT2D eigenvalue weighted by Gasteiger charge is -2.24. The van der Waals surface area contributed by atoms with Crippen LogP contribution in [0, 0.1) is 6.92 Å². The summed E-state index contributed by atoms with van der Waals surface area (Å²) in [5.41, 5.74) is -0.939. The maximum absolute atomic E-state index is 13.9. The molecule has 0 fully saturated rings. The smallest absolute Gasteiger partial charge is 0.417 e. The van der Waals surface area contributed by atoms with Gasteiger partial charge in [-0.2, -0.15) is 13.2 Å². The van der Waals surface area contributed by atoms with Crippen molar-refractivity contribution in [2.24, 2.45) is 0 Å². The fraction of sp³-hybridized carbons (Fsp3) is 0.304. The summed E-state index contributed by atoms with van der Waals surface area (Å²) in [6.45, 7) is 0.626. The van der Waals surface area contributed by atoms with Gasteiger partial charge in [0.25, 0.3) is 5.91 Å². The molecular weight excluding hydrogens is 469 g/mol. The number of aliphatic hydroxyl groups is 1. The van der Waals surface area contributed by atoms with E-state index in [9.17, 15) is 22.8 Å². The van der Waals surface area contributed by atoms with Gasteiger partial charge in [0.1, 0.15) is 18.9 Å². The third-order valence-corrected chi connectivity index (χ3v) is 5.32. The molecule has 2 aromatic carbocycles. The largest absolute Gasteiger partial charge is 0.491 e. The van der Waals surface area contributed by atoms with Crippen LogP contribution in [0.5, 0.6) is 5.75 Å². The molecule has 0 bridgehead atoms. The van der Waals surface area contributed by atoms with Gasteiger partial charge in [0.05, 0.1) is 24.3 Å². The van der Waals surface area contributed by atoms with Gasteiger partial charge < -0.3 is 19.2 Å². The Labute approximate surface area is 197 Å². The third kappa shape index (κ3) is 5.27. The highest BCUT2D eigenvalue weighted by Crippen LogP contribution is 2.36. The van der Waals surface area contributed by atoms with Gasteiger partial charge in [-0.3, -0.25) is 14.5 Å². The number of benzene rings is 2. The number of aryl methyl sites for hydroxylation is 1. The predicted molar refractivity (Wildman–Crippen MR) is 115 cm³/mol. The number of rotatable bonds is 6. The van der Waals surface area contributed by atoms with Gasteiger partial charge >= 0.3 is 6.18 Å². The van der Waals surface area contributed by atoms with Crippen LogP contribution in [0.4, 0.5) is 18.9 Å². The average Bonchev–Trinajstić information content (AvgIpc) is 3.18. The summed E-state index contributed by atoms with van der Waals surface area (Å²) in [5.74, 6) is -1.10. The number of ether oxygens (including phenoxy) is 1. The number of fused-ring (bicyclic) bond motifs is 1. The van der Waals surface area contributed by atoms with Crippen molar-refractivity contribution in [2.75, 3.05) is 24.7 Å². The zero-order chi connectivity index (χ0) is 25.2. The molecule has 9 nitrogen and oxygen atoms in total. The van der Waals surface area contributed by atoms with Gasteiger partial charge in [-0.15, -0.1) is 10.2 Å². The van der Waals surface area contributed by atoms with E-state index in [0.717, 1.165) is 11.0 Å². The Morgan fingerprint density at radius 1 is 1.17 bits per heavy atom. The Kier molecular flexibility index (Phi) is 6.74. The molecule has 0 spiro atoms. The number of halogens is 3. The van der Waals surface area contributed by atoms with E-state index in [4.69, 9.17) is 14.3 Å². The minimum absolute atomic E-state index is 0.0132. The molecule has 2 amide bonds. The van der Waals surface area contributed by atoms with E-state index >= 15 is 0 Å². The van der Waals surface area contributed by atoms with Crippen molar-refractivity contribution in [2.45, 2.75) is 26.2 Å². The number of aromatic nitrogens is 2. The van der Waals surface area contributed by atoms with E-state index in [1.54, 1.807) is 31.2 Å². The maximum Gasteiger partial charge on any atom is 0.417 e. The van der Waals surface area contributed by atoms with E-state index in [0.29, 0.717) is 23.2 Å². The van der Waals surface area contributed by atoms with Crippen LogP contribution in [0.1, 0.15) is 33.3 Å². The van der Waals surface area contributed by atoms with Crippen LogP contribution in [0.2, 0.25) is 0 Å². The van der Waals surface area contributed by atoms with Gasteiger partial charge in [-0.1, -0.05) is 18.2 Å². The van der Waals surface area contributed by atoms with Crippen molar-refractivity contribution in [1.82, 2.24) is 15.1 Å². The third-order valence-electron chi connectivity index (χ3n) is 5.32. The average molecular weight is 490 g/mol. The highest BCUT2D eigenvalue weighted by atomic mass is 19.4. The number of hydrogen-bond donors (Lipinski definition) is 1. The molecule has 1 aliphatic heterocycles. The maximum atomic E-state index is 13.9. The standard InChI is InChI=1S/C23H21F3N4O5/c1-14-27-28-20(35-14)12-29-11-15-4-2-3-5-19(15)30(13-21(29)32)22(33)17-7-6-16(34-9-8-31)10-18(17)23(24,25)26/h2-7,10,31H,8-9,11-13H2,1H3. The Morgan fingerprint density at radius 2 is 1.94 bits per heavy atom. The summed E-state index contributed by atoms with van der Waals surface area (Å²) >= 11 is 0. The molecule has 2 heterocycles. The molecular formula is C23H21F3N4O5. The van der Waals surface area contributed by atoms with Crippen LogP contribution in [0.15, 0.2) is 46.9 Å². The first-order valence-corrected chi connectivity index (χ1v) is 10.6. The molecule has 0 saturated heterocycles. The molecule has 12 heteroatoms. The van der Waals surface area contributed by atoms with Crippen LogP contribution in [-0.4, -0.2) is 51.8 Å². The molecule has 1 aliphatic rings. The molecule has 4 rings (SSSR count). The fourth-order valence-corrected chi connectivity index (χ4v) is 3.76. The van der Waals surface area contributed by atoms with Crippen LogP contribution in [0.25, 0.3) is 0 Å². The van der Waals surface area contributed by atoms with Gasteiger partial charge in [0, 0.05) is 19.2 Å². The van der Waals surface area contributed by atoms with E-state index in [1.165, 1.54) is 11.0 Å². The number of anilines is 1. The van der Waals surface area contributed by atoms with Crippen molar-refractivity contribution in [3.63, 3.8) is 0 Å². The first kappa shape index (κ1) is 24.2. The molecule has 0 unspecified atom stereocenters. The van der Waals surface area contributed by atoms with Gasteiger partial charge in [0.2, 0.25) is 17.7 Å². The van der Waals surface area contributed by atoms with Gasteiger partial charge in [0.15, 0.2) is 0 Å². The zero-order valence-electron chi connectivity index (χ0n) is 18.6. The number of aliphatic hydroxyl groups excluding tert-OH is 1. The summed E-state index contributed by atoms with van der Waals surface area (Å²) in [7, 11) is 0. The molecule has 0 saturated carbocycles. The molecule has 0 radical (unpaired) electrons. The van der Waals surface area contributed by atoms with Crippen molar-refractivity contribution < 1.29 is 37.0 Å². The number of nitrogens with zero attached hydrogens (tertiary/aromatic N) is 4. The van der Waals surface area contributed by atoms with Crippen LogP contribution in [-0.2, 0) is 24.1 Å². The molecule has 1 N–H and O–H groups in total. The van der Waals surface area contributed by atoms with Crippen LogP contribution >= 0.6 is 0 Å². The van der Waals surface area contributed by atoms with E-state index < -0.39 is 35.7 Å². The number of alkyl halides is 3. The minimum Gasteiger partial charge on any atom is -0.491 e. The highest BCUT2D eigenvalue weighted by Gasteiger charge is 2.38. The quantitative estimate of drug-likeness (QED) is 0.566. The lowest BCUT2D eigenvalue weighted by atomic mass is 10.0. The number of amides is 2. The molecule has 0 aliphatic carbocycles. The minimum atomic E-state index is -4.86. The summed E-state index contributed by atoms with van der Waals surface area (Å²) in [5, 5.41) is 16.5. The van der Waals surface area contributed by atoms with Crippen LogP contribution < -0.4 is 9.64 Å². The number of carbonyl (C=O) groups is 2. The van der Waals surface area contributed by atoms with E-state index in [2.05, 4.69) is 10.2 Å². The van der Waals surface area contributed by atoms with E-state index in [1.807, 2.05) is 0 Å². The molecule has 0 atom stereocenters. The summed E-state index contributed by atoms with van der Waals surface area (Å²) in [6.07, 6.45) is -4.86. The van der Waals surface area contributed by atoms with E-state index in [-0.39, 0.29) is 37.9 Å². The van der Waals surface area contributed by atoms with Crippen molar-refractivity contribution in [3.05, 3.63) is 70.9 Å². The fourth-order valence-electron chi connectivity index (χ4n) is 3.76. The molecule has 3 aromatic rings. The molecule has 184 valence electrons. The Balaban J connectivity index is 1.70. The number of para-hydroxylation sites is 1. The van der Waals surface area contributed by atoms with Gasteiger partial charge in [-0.05, 0) is 29.8 Å². The predicted octanol–water partition coefficient (Wildman–Crippen LogP) is 2.96. The zero-order valence-corrected chi connectivity index (χ0v) is 18.6. The lowest BCUT2D eigenvalue weighted by molar-refractivity contribution is -0.138. The van der Waals surface area contributed by atoms with Crippen molar-refractivity contribution >= 4 is 17.5 Å². The highest BCUT2D eigenvalue weighted by molar-refractivity contribution is 6.10. The van der Waals surface area contributed by atoms with Crippen molar-refractivity contribution in [1.29, 1.82) is 0 Å². The van der Waals surface area contributed by atoms with Gasteiger partial charge in [-0.25, -0.2) is 0 Å². The lowest BCUT2D eigenvalue weighted by Crippen LogP contribution is -2.40. The second-order valence-corrected chi connectivity index (χ2v) is 7.76. The Morgan fingerprint density at radius 3 is 2.63 bits per heavy atom. The Hall–Kier alpha value is -3.93. The second-order valence-electron chi connectivity index (χ2n) is 7.76. The molecule has 1 aromatic heterocycles. The first-order valence-electron chi connectivity index (χ1n) is 10.6. The number of carbonyl (C=O) groups excluding carboxylic acids is 2. The summed E-state index contributed by atoms with van der Waals surface area (Å²) < 4.78 is 52.0. The molecule has 35 heavy (non-hydrogen) atoms. The monoisotopic (exact) mass is 490 g/mol. The van der Waals surface area contributed by atoms with Crippen molar-refractivity contribution in [3.8, 4) is 5.75 Å². The Bertz CT molecular complexity index is 1240. The second kappa shape index (κ2) is 9.74. The summed E-state index contributed by atoms with van der Waals surface area (Å²) in [6, 6.07) is 9.54. The van der Waals surface area contributed by atoms with Crippen LogP contribution in [0.3, 0.4) is 0 Å². The SMILES string of the molecule is Cc1nnc(CN2Cc3ccccc3N(C(=O)c3ccc(OCCO)cc3C(F)(F)F)CC2=O)o1.